The molecular weight excluding hydrogens is 418 g/mol. The number of fused-ring (bicyclic) bond motifs is 3. The Bertz CT molecular complexity index is 883. The molecule has 136 valence electrons. The van der Waals surface area contributed by atoms with Gasteiger partial charge < -0.3 is 20.3 Å². The zero-order valence-electron chi connectivity index (χ0n) is 14.2. The highest BCUT2D eigenvalue weighted by Crippen LogP contribution is 2.41. The second-order valence-electron chi connectivity index (χ2n) is 6.15. The third-order valence-corrected chi connectivity index (χ3v) is 6.45. The van der Waals surface area contributed by atoms with Crippen LogP contribution in [0.2, 0.25) is 0 Å². The van der Waals surface area contributed by atoms with Crippen LogP contribution in [0.5, 0.6) is 0 Å². The molecule has 26 heavy (non-hydrogen) atoms. The van der Waals surface area contributed by atoms with E-state index in [1.807, 2.05) is 24.3 Å². The minimum absolute atomic E-state index is 0.0680. The second kappa shape index (κ2) is 6.92. The van der Waals surface area contributed by atoms with E-state index in [4.69, 9.17) is 4.74 Å². The summed E-state index contributed by atoms with van der Waals surface area (Å²) in [5.41, 5.74) is 2.74. The Morgan fingerprint density at radius 2 is 2.19 bits per heavy atom. The Morgan fingerprint density at radius 3 is 2.96 bits per heavy atom. The molecule has 1 atom stereocenters. The van der Waals surface area contributed by atoms with Gasteiger partial charge in [0.05, 0.1) is 18.7 Å². The number of nitrogens with one attached hydrogen (secondary N) is 2. The highest BCUT2D eigenvalue weighted by Gasteiger charge is 2.34. The fourth-order valence-electron chi connectivity index (χ4n) is 3.35. The number of rotatable bonds is 2. The Labute approximate surface area is 163 Å². The molecule has 6 nitrogen and oxygen atoms in total. The van der Waals surface area contributed by atoms with Crippen molar-refractivity contribution >= 4 is 44.3 Å². The Balaban J connectivity index is 1.62. The molecule has 8 heteroatoms. The van der Waals surface area contributed by atoms with Gasteiger partial charge in [0.25, 0.3) is 5.91 Å². The molecule has 0 radical (unpaired) electrons. The van der Waals surface area contributed by atoms with Crippen molar-refractivity contribution in [3.8, 4) is 0 Å². The van der Waals surface area contributed by atoms with Crippen molar-refractivity contribution < 1.29 is 14.3 Å². The molecule has 2 aromatic rings. The summed E-state index contributed by atoms with van der Waals surface area (Å²) in [7, 11) is 0. The van der Waals surface area contributed by atoms with Gasteiger partial charge >= 0.3 is 6.09 Å². The molecular formula is C18H18BrN3O3S. The van der Waals surface area contributed by atoms with Gasteiger partial charge in [0, 0.05) is 21.5 Å². The van der Waals surface area contributed by atoms with E-state index < -0.39 is 0 Å². The van der Waals surface area contributed by atoms with Gasteiger partial charge in [-0.05, 0) is 25.0 Å². The van der Waals surface area contributed by atoms with Crippen LogP contribution in [0.3, 0.4) is 0 Å². The maximum absolute atomic E-state index is 12.8. The lowest BCUT2D eigenvalue weighted by Crippen LogP contribution is -2.39. The average Bonchev–Trinajstić information content (AvgIpc) is 3.00. The third kappa shape index (κ3) is 2.97. The van der Waals surface area contributed by atoms with Crippen LogP contribution in [0.1, 0.15) is 39.5 Å². The van der Waals surface area contributed by atoms with E-state index in [0.717, 1.165) is 31.0 Å². The minimum atomic E-state index is -0.298. The van der Waals surface area contributed by atoms with Crippen molar-refractivity contribution in [2.24, 2.45) is 0 Å². The van der Waals surface area contributed by atoms with Gasteiger partial charge in [-0.3, -0.25) is 4.79 Å². The minimum Gasteiger partial charge on any atom is -0.450 e. The van der Waals surface area contributed by atoms with Crippen LogP contribution < -0.4 is 10.6 Å². The van der Waals surface area contributed by atoms with E-state index in [1.54, 1.807) is 23.2 Å². The highest BCUT2D eigenvalue weighted by atomic mass is 79.9. The first-order chi connectivity index (χ1) is 12.6. The van der Waals surface area contributed by atoms with Gasteiger partial charge in [-0.1, -0.05) is 34.1 Å². The number of benzene rings is 1. The predicted octanol–water partition coefficient (Wildman–Crippen LogP) is 3.88. The summed E-state index contributed by atoms with van der Waals surface area (Å²) in [5.74, 6) is -0.0680. The Kier molecular flexibility index (Phi) is 4.62. The van der Waals surface area contributed by atoms with E-state index in [0.29, 0.717) is 26.1 Å². The molecule has 3 heterocycles. The van der Waals surface area contributed by atoms with Crippen molar-refractivity contribution in [1.29, 1.82) is 0 Å². The maximum Gasteiger partial charge on any atom is 0.410 e. The summed E-state index contributed by atoms with van der Waals surface area (Å²) in [4.78, 5) is 27.5. The van der Waals surface area contributed by atoms with Crippen LogP contribution in [0.4, 0.5) is 9.80 Å². The van der Waals surface area contributed by atoms with Crippen LogP contribution in [-0.2, 0) is 17.7 Å². The molecule has 0 aliphatic carbocycles. The van der Waals surface area contributed by atoms with Crippen molar-refractivity contribution in [1.82, 2.24) is 10.2 Å². The standard InChI is InChI=1S/C18H18BrN3O3S/c1-2-25-18(24)22-8-7-11-13(9-22)26-17-14(11)16(23)20-15(21-17)10-5-3-4-6-12(10)19/h3-6,15,21H,2,7-9H2,1H3,(H,20,23). The number of hydrogen-bond acceptors (Lipinski definition) is 5. The van der Waals surface area contributed by atoms with Gasteiger partial charge in [0.1, 0.15) is 11.2 Å². The number of hydrogen-bond donors (Lipinski definition) is 2. The summed E-state index contributed by atoms with van der Waals surface area (Å²) >= 11 is 5.09. The summed E-state index contributed by atoms with van der Waals surface area (Å²) in [6, 6.07) is 7.82. The number of carbonyl (C=O) groups is 2. The number of amides is 2. The first-order valence-electron chi connectivity index (χ1n) is 8.46. The summed E-state index contributed by atoms with van der Waals surface area (Å²) < 4.78 is 6.04. The monoisotopic (exact) mass is 435 g/mol. The fraction of sp³-hybridized carbons (Fsp3) is 0.333. The molecule has 1 unspecified atom stereocenters. The third-order valence-electron chi connectivity index (χ3n) is 4.58. The number of ether oxygens (including phenoxy) is 1. The number of anilines is 1. The number of nitrogens with zero attached hydrogens (tertiary/aromatic N) is 1. The summed E-state index contributed by atoms with van der Waals surface area (Å²) in [6.07, 6.45) is 0.0780. The molecule has 2 aliphatic rings. The molecule has 0 saturated carbocycles. The second-order valence-corrected chi connectivity index (χ2v) is 8.11. The van der Waals surface area contributed by atoms with Crippen LogP contribution in [0.25, 0.3) is 0 Å². The fourth-order valence-corrected chi connectivity index (χ4v) is 5.15. The molecule has 0 saturated heterocycles. The lowest BCUT2D eigenvalue weighted by molar-refractivity contribution is 0.0934. The van der Waals surface area contributed by atoms with Crippen molar-refractivity contribution in [3.63, 3.8) is 0 Å². The Morgan fingerprint density at radius 1 is 1.38 bits per heavy atom. The van der Waals surface area contributed by atoms with Crippen molar-refractivity contribution in [2.45, 2.75) is 26.1 Å². The van der Waals surface area contributed by atoms with Crippen LogP contribution in [-0.4, -0.2) is 30.1 Å². The normalized spacial score (nSPS) is 18.5. The largest absolute Gasteiger partial charge is 0.450 e. The number of thiophene rings is 1. The SMILES string of the molecule is CCOC(=O)N1CCc2c(sc3c2C(=O)NC(c2ccccc2Br)N3)C1. The van der Waals surface area contributed by atoms with Crippen molar-refractivity contribution in [3.05, 3.63) is 50.3 Å². The van der Waals surface area contributed by atoms with E-state index in [1.165, 1.54) is 0 Å². The molecule has 0 fully saturated rings. The van der Waals surface area contributed by atoms with Gasteiger partial charge in [0.2, 0.25) is 0 Å². The first-order valence-corrected chi connectivity index (χ1v) is 10.1. The molecule has 0 spiro atoms. The zero-order valence-corrected chi connectivity index (χ0v) is 16.6. The van der Waals surface area contributed by atoms with Gasteiger partial charge in [-0.15, -0.1) is 11.3 Å². The topological polar surface area (TPSA) is 70.7 Å². The quantitative estimate of drug-likeness (QED) is 0.750. The van der Waals surface area contributed by atoms with Crippen LogP contribution in [0, 0.1) is 0 Å². The van der Waals surface area contributed by atoms with Crippen LogP contribution >= 0.6 is 27.3 Å². The lowest BCUT2D eigenvalue weighted by Gasteiger charge is -2.28. The highest BCUT2D eigenvalue weighted by molar-refractivity contribution is 9.10. The van der Waals surface area contributed by atoms with E-state index in [-0.39, 0.29) is 18.2 Å². The van der Waals surface area contributed by atoms with Crippen molar-refractivity contribution in [2.75, 3.05) is 18.5 Å². The molecule has 4 rings (SSSR count). The molecule has 0 bridgehead atoms. The number of halogens is 1. The maximum atomic E-state index is 12.8. The van der Waals surface area contributed by atoms with E-state index in [9.17, 15) is 9.59 Å². The first kappa shape index (κ1) is 17.4. The summed E-state index contributed by atoms with van der Waals surface area (Å²) in [6.45, 7) is 3.21. The van der Waals surface area contributed by atoms with E-state index in [2.05, 4.69) is 26.6 Å². The van der Waals surface area contributed by atoms with Crippen LogP contribution in [0.15, 0.2) is 28.7 Å². The molecule has 2 N–H and O–H groups in total. The van der Waals surface area contributed by atoms with Gasteiger partial charge in [0.15, 0.2) is 0 Å². The molecule has 2 aliphatic heterocycles. The lowest BCUT2D eigenvalue weighted by atomic mass is 10.0. The zero-order chi connectivity index (χ0) is 18.3. The predicted molar refractivity (Wildman–Crippen MR) is 103 cm³/mol. The average molecular weight is 436 g/mol. The van der Waals surface area contributed by atoms with E-state index >= 15 is 0 Å². The van der Waals surface area contributed by atoms with Gasteiger partial charge in [-0.25, -0.2) is 4.79 Å². The summed E-state index contributed by atoms with van der Waals surface area (Å²) in [5, 5.41) is 7.34. The van der Waals surface area contributed by atoms with Gasteiger partial charge in [-0.2, -0.15) is 0 Å². The number of carbonyl (C=O) groups excluding carboxylic acids is 2. The molecule has 2 amide bonds. The molecule has 1 aromatic heterocycles. The molecule has 1 aromatic carbocycles. The smallest absolute Gasteiger partial charge is 0.410 e. The Hall–Kier alpha value is -2.06.